The first-order chi connectivity index (χ1) is 13.4. The summed E-state index contributed by atoms with van der Waals surface area (Å²) in [7, 11) is 1.33. The molecule has 1 aromatic rings. The molecule has 1 aliphatic heterocycles. The number of esters is 1. The summed E-state index contributed by atoms with van der Waals surface area (Å²) in [5, 5.41) is 3.03. The van der Waals surface area contributed by atoms with Gasteiger partial charge in [-0.2, -0.15) is 0 Å². The molecule has 0 aliphatic carbocycles. The van der Waals surface area contributed by atoms with Gasteiger partial charge in [0.05, 0.1) is 24.9 Å². The molecule has 1 amide bonds. The van der Waals surface area contributed by atoms with Crippen LogP contribution in [0, 0.1) is 19.8 Å². The highest BCUT2D eigenvalue weighted by Crippen LogP contribution is 2.21. The second-order valence-electron chi connectivity index (χ2n) is 7.59. The normalized spacial score (nSPS) is 15.4. The second kappa shape index (κ2) is 10.4. The lowest BCUT2D eigenvalue weighted by Crippen LogP contribution is -2.42. The number of hydrogen-bond acceptors (Lipinski definition) is 5. The number of ketones is 1. The van der Waals surface area contributed by atoms with Gasteiger partial charge < -0.3 is 15.0 Å². The van der Waals surface area contributed by atoms with E-state index in [9.17, 15) is 14.4 Å². The van der Waals surface area contributed by atoms with E-state index in [4.69, 9.17) is 4.74 Å². The van der Waals surface area contributed by atoms with Gasteiger partial charge in [0.15, 0.2) is 5.78 Å². The lowest BCUT2D eigenvalue weighted by Gasteiger charge is -2.30. The summed E-state index contributed by atoms with van der Waals surface area (Å²) in [6, 6.07) is 0. The van der Waals surface area contributed by atoms with Crippen molar-refractivity contribution >= 4 is 17.7 Å². The third-order valence-electron chi connectivity index (χ3n) is 5.51. The highest BCUT2D eigenvalue weighted by Gasteiger charge is 2.28. The van der Waals surface area contributed by atoms with Crippen molar-refractivity contribution in [1.82, 2.24) is 15.2 Å². The molecule has 0 unspecified atom stereocenters. The SMILES string of the molecule is CCCCCNC(=O)C1CCN(CC(=O)c2[nH]c(C)c(C(=O)OC)c2C)CC1. The second-order valence-corrected chi connectivity index (χ2v) is 7.59. The Morgan fingerprint density at radius 3 is 2.46 bits per heavy atom. The van der Waals surface area contributed by atoms with Crippen LogP contribution >= 0.6 is 0 Å². The lowest BCUT2D eigenvalue weighted by atomic mass is 9.95. The van der Waals surface area contributed by atoms with Crippen molar-refractivity contribution in [3.8, 4) is 0 Å². The van der Waals surface area contributed by atoms with E-state index in [0.29, 0.717) is 22.5 Å². The molecule has 7 heteroatoms. The van der Waals surface area contributed by atoms with Gasteiger partial charge in [0, 0.05) is 18.2 Å². The van der Waals surface area contributed by atoms with E-state index in [2.05, 4.69) is 22.1 Å². The van der Waals surface area contributed by atoms with Gasteiger partial charge in [-0.3, -0.25) is 14.5 Å². The molecule has 0 atom stereocenters. The number of amides is 1. The third kappa shape index (κ3) is 5.44. The maximum absolute atomic E-state index is 12.7. The summed E-state index contributed by atoms with van der Waals surface area (Å²) in [4.78, 5) is 42.0. The molecular formula is C21H33N3O4. The fourth-order valence-corrected chi connectivity index (χ4v) is 3.80. The molecule has 2 N–H and O–H groups in total. The number of carbonyl (C=O) groups excluding carboxylic acids is 3. The zero-order valence-corrected chi connectivity index (χ0v) is 17.5. The van der Waals surface area contributed by atoms with E-state index in [1.54, 1.807) is 13.8 Å². The monoisotopic (exact) mass is 391 g/mol. The summed E-state index contributed by atoms with van der Waals surface area (Å²) in [5.41, 5.74) is 2.18. The fourth-order valence-electron chi connectivity index (χ4n) is 3.80. The first-order valence-electron chi connectivity index (χ1n) is 10.2. The molecule has 1 fully saturated rings. The molecule has 0 aromatic carbocycles. The molecule has 0 saturated carbocycles. The number of carbonyl (C=O) groups is 3. The van der Waals surface area contributed by atoms with Gasteiger partial charge in [-0.15, -0.1) is 0 Å². The minimum absolute atomic E-state index is 0.0355. The number of ether oxygens (including phenoxy) is 1. The summed E-state index contributed by atoms with van der Waals surface area (Å²) in [6.07, 6.45) is 4.84. The van der Waals surface area contributed by atoms with Crippen molar-refractivity contribution in [1.29, 1.82) is 0 Å². The minimum Gasteiger partial charge on any atom is -0.465 e. The van der Waals surface area contributed by atoms with Crippen molar-refractivity contribution in [2.75, 3.05) is 33.3 Å². The van der Waals surface area contributed by atoms with Crippen molar-refractivity contribution in [2.24, 2.45) is 5.92 Å². The van der Waals surface area contributed by atoms with Gasteiger partial charge in [0.2, 0.25) is 5.91 Å². The summed E-state index contributed by atoms with van der Waals surface area (Å²) in [5.74, 6) is -0.303. The van der Waals surface area contributed by atoms with Crippen molar-refractivity contribution in [2.45, 2.75) is 52.9 Å². The minimum atomic E-state index is -0.434. The number of likely N-dealkylation sites (tertiary alicyclic amines) is 1. The first-order valence-corrected chi connectivity index (χ1v) is 10.2. The number of nitrogens with zero attached hydrogens (tertiary/aromatic N) is 1. The fraction of sp³-hybridized carbons (Fsp3) is 0.667. The van der Waals surface area contributed by atoms with Gasteiger partial charge in [0.25, 0.3) is 0 Å². The Hall–Kier alpha value is -2.15. The van der Waals surface area contributed by atoms with Crippen LogP contribution in [0.3, 0.4) is 0 Å². The number of aromatic nitrogens is 1. The van der Waals surface area contributed by atoms with Gasteiger partial charge in [-0.25, -0.2) is 4.79 Å². The van der Waals surface area contributed by atoms with Crippen LogP contribution in [0.25, 0.3) is 0 Å². The Morgan fingerprint density at radius 1 is 1.18 bits per heavy atom. The van der Waals surface area contributed by atoms with Gasteiger partial charge in [0.1, 0.15) is 0 Å². The Kier molecular flexibility index (Phi) is 8.23. The Labute approximate surface area is 167 Å². The van der Waals surface area contributed by atoms with Crippen LogP contribution in [0.5, 0.6) is 0 Å². The number of nitrogens with one attached hydrogen (secondary N) is 2. The van der Waals surface area contributed by atoms with Crippen LogP contribution in [0.4, 0.5) is 0 Å². The topological polar surface area (TPSA) is 91.5 Å². The Bertz CT molecular complexity index is 703. The number of methoxy groups -OCH3 is 1. The summed E-state index contributed by atoms with van der Waals surface area (Å²) < 4.78 is 4.80. The molecule has 1 saturated heterocycles. The van der Waals surface area contributed by atoms with Gasteiger partial charge in [-0.1, -0.05) is 19.8 Å². The van der Waals surface area contributed by atoms with Crippen LogP contribution in [-0.4, -0.2) is 60.8 Å². The molecule has 2 heterocycles. The van der Waals surface area contributed by atoms with Crippen molar-refractivity contribution in [3.05, 3.63) is 22.5 Å². The maximum atomic E-state index is 12.7. The van der Waals surface area contributed by atoms with E-state index in [1.807, 2.05) is 0 Å². The van der Waals surface area contributed by atoms with Crippen molar-refractivity contribution < 1.29 is 19.1 Å². The largest absolute Gasteiger partial charge is 0.465 e. The van der Waals surface area contributed by atoms with E-state index in [0.717, 1.165) is 51.7 Å². The molecule has 1 aromatic heterocycles. The number of rotatable bonds is 9. The standard InChI is InChI=1S/C21H33N3O4/c1-5-6-7-10-22-20(26)16-8-11-24(12-9-16)13-17(25)19-14(2)18(15(3)23-19)21(27)28-4/h16,23H,5-13H2,1-4H3,(H,22,26). The molecule has 0 spiro atoms. The number of hydrogen-bond donors (Lipinski definition) is 2. The Balaban J connectivity index is 1.85. The van der Waals surface area contributed by atoms with Gasteiger partial charge in [-0.05, 0) is 51.8 Å². The molecule has 0 radical (unpaired) electrons. The maximum Gasteiger partial charge on any atom is 0.339 e. The highest BCUT2D eigenvalue weighted by atomic mass is 16.5. The molecule has 28 heavy (non-hydrogen) atoms. The smallest absolute Gasteiger partial charge is 0.339 e. The highest BCUT2D eigenvalue weighted by molar-refractivity contribution is 6.02. The quantitative estimate of drug-likeness (QED) is 0.384. The predicted octanol–water partition coefficient (Wildman–Crippen LogP) is 2.62. The van der Waals surface area contributed by atoms with Crippen LogP contribution in [0.1, 0.15) is 71.1 Å². The number of unbranched alkanes of at least 4 members (excludes halogenated alkanes) is 2. The number of aryl methyl sites for hydroxylation is 1. The summed E-state index contributed by atoms with van der Waals surface area (Å²) in [6.45, 7) is 8.15. The summed E-state index contributed by atoms with van der Waals surface area (Å²) >= 11 is 0. The van der Waals surface area contributed by atoms with E-state index >= 15 is 0 Å². The van der Waals surface area contributed by atoms with Crippen LogP contribution in [0.15, 0.2) is 0 Å². The molecule has 0 bridgehead atoms. The first kappa shape index (κ1) is 22.1. The lowest BCUT2D eigenvalue weighted by molar-refractivity contribution is -0.126. The van der Waals surface area contributed by atoms with Gasteiger partial charge >= 0.3 is 5.97 Å². The number of Topliss-reactive ketones (excluding diaryl/α,β-unsaturated/α-hetero) is 1. The number of aromatic amines is 1. The zero-order valence-electron chi connectivity index (χ0n) is 17.5. The van der Waals surface area contributed by atoms with Crippen LogP contribution in [0.2, 0.25) is 0 Å². The predicted molar refractivity (Wildman–Crippen MR) is 108 cm³/mol. The molecule has 7 nitrogen and oxygen atoms in total. The van der Waals surface area contributed by atoms with Crippen LogP contribution < -0.4 is 5.32 Å². The number of piperidine rings is 1. The molecule has 156 valence electrons. The molecule has 1 aliphatic rings. The van der Waals surface area contributed by atoms with E-state index in [-0.39, 0.29) is 24.2 Å². The Morgan fingerprint density at radius 2 is 1.86 bits per heavy atom. The van der Waals surface area contributed by atoms with E-state index < -0.39 is 5.97 Å². The average molecular weight is 392 g/mol. The zero-order chi connectivity index (χ0) is 20.7. The van der Waals surface area contributed by atoms with Crippen molar-refractivity contribution in [3.63, 3.8) is 0 Å². The molecular weight excluding hydrogens is 358 g/mol. The van der Waals surface area contributed by atoms with E-state index in [1.165, 1.54) is 7.11 Å². The molecule has 2 rings (SSSR count). The van der Waals surface area contributed by atoms with Crippen LogP contribution in [-0.2, 0) is 9.53 Å². The number of H-pyrrole nitrogens is 1. The third-order valence-corrected chi connectivity index (χ3v) is 5.51. The average Bonchev–Trinajstić information content (AvgIpc) is 2.99.